The summed E-state index contributed by atoms with van der Waals surface area (Å²) in [6.45, 7) is 12.2. The first-order chi connectivity index (χ1) is 9.02. The highest BCUT2D eigenvalue weighted by atomic mass is 15.2. The first-order valence-electron chi connectivity index (χ1n) is 7.44. The first-order valence-corrected chi connectivity index (χ1v) is 7.44. The average Bonchev–Trinajstić information content (AvgIpc) is 2.50. The second kappa shape index (κ2) is 6.02. The van der Waals surface area contributed by atoms with E-state index in [1.54, 1.807) is 0 Å². The molecule has 1 aromatic rings. The lowest BCUT2D eigenvalue weighted by molar-refractivity contribution is 0.162. The Labute approximate surface area is 117 Å². The number of aromatic nitrogens is 1. The lowest BCUT2D eigenvalue weighted by atomic mass is 9.98. The predicted octanol–water partition coefficient (Wildman–Crippen LogP) is 2.74. The second-order valence-corrected chi connectivity index (χ2v) is 6.15. The Morgan fingerprint density at radius 2 is 2.26 bits per heavy atom. The van der Waals surface area contributed by atoms with Crippen LogP contribution in [0, 0.1) is 6.92 Å². The van der Waals surface area contributed by atoms with Crippen LogP contribution in [-0.4, -0.2) is 34.6 Å². The average molecular weight is 261 g/mol. The minimum Gasteiger partial charge on any atom is -0.310 e. The fourth-order valence-corrected chi connectivity index (χ4v) is 2.77. The number of hydrogen-bond acceptors (Lipinski definition) is 3. The van der Waals surface area contributed by atoms with Crippen LogP contribution < -0.4 is 5.32 Å². The zero-order valence-electron chi connectivity index (χ0n) is 12.7. The molecular weight excluding hydrogens is 234 g/mol. The van der Waals surface area contributed by atoms with Gasteiger partial charge in [0.25, 0.3) is 0 Å². The summed E-state index contributed by atoms with van der Waals surface area (Å²) in [4.78, 5) is 7.22. The molecule has 0 saturated carbocycles. The van der Waals surface area contributed by atoms with E-state index in [0.717, 1.165) is 31.7 Å². The maximum Gasteiger partial charge on any atom is 0.0547 e. The van der Waals surface area contributed by atoms with E-state index >= 15 is 0 Å². The van der Waals surface area contributed by atoms with E-state index < -0.39 is 0 Å². The van der Waals surface area contributed by atoms with E-state index in [1.807, 2.05) is 0 Å². The lowest BCUT2D eigenvalue weighted by Gasteiger charge is -2.34. The third kappa shape index (κ3) is 3.77. The van der Waals surface area contributed by atoms with E-state index in [1.165, 1.54) is 12.1 Å². The standard InChI is InChI=1S/C16H27N3/c1-5-16(4)12-19(14(3)9-10-17-16)11-15-8-6-7-13(2)18-15/h6-8,14,17H,5,9-12H2,1-4H3. The van der Waals surface area contributed by atoms with Crippen molar-refractivity contribution >= 4 is 0 Å². The molecule has 2 heterocycles. The Bertz CT molecular complexity index is 418. The van der Waals surface area contributed by atoms with Crippen LogP contribution in [0.15, 0.2) is 18.2 Å². The molecule has 1 aliphatic rings. The third-order valence-electron chi connectivity index (χ3n) is 4.38. The SMILES string of the molecule is CCC1(C)CN(Cc2cccc(C)n2)C(C)CCN1. The van der Waals surface area contributed by atoms with Crippen LogP contribution in [0.25, 0.3) is 0 Å². The van der Waals surface area contributed by atoms with Crippen molar-refractivity contribution in [2.45, 2.75) is 58.7 Å². The van der Waals surface area contributed by atoms with Crippen LogP contribution in [0.1, 0.15) is 45.0 Å². The molecule has 2 rings (SSSR count). The van der Waals surface area contributed by atoms with E-state index in [-0.39, 0.29) is 5.54 Å². The summed E-state index contributed by atoms with van der Waals surface area (Å²) in [6.07, 6.45) is 2.37. The molecule has 1 aliphatic heterocycles. The number of rotatable bonds is 3. The van der Waals surface area contributed by atoms with E-state index in [2.05, 4.69) is 61.1 Å². The minimum absolute atomic E-state index is 0.231. The lowest BCUT2D eigenvalue weighted by Crippen LogP contribution is -2.49. The van der Waals surface area contributed by atoms with Crippen molar-refractivity contribution in [2.75, 3.05) is 13.1 Å². The van der Waals surface area contributed by atoms with Gasteiger partial charge in [-0.2, -0.15) is 0 Å². The fraction of sp³-hybridized carbons (Fsp3) is 0.688. The van der Waals surface area contributed by atoms with Gasteiger partial charge in [0.15, 0.2) is 0 Å². The van der Waals surface area contributed by atoms with E-state index in [9.17, 15) is 0 Å². The van der Waals surface area contributed by atoms with E-state index in [0.29, 0.717) is 6.04 Å². The van der Waals surface area contributed by atoms with Gasteiger partial charge in [-0.3, -0.25) is 9.88 Å². The maximum absolute atomic E-state index is 4.64. The van der Waals surface area contributed by atoms with Crippen molar-refractivity contribution < 1.29 is 0 Å². The summed E-state index contributed by atoms with van der Waals surface area (Å²) in [7, 11) is 0. The zero-order chi connectivity index (χ0) is 13.9. The van der Waals surface area contributed by atoms with Gasteiger partial charge in [0.05, 0.1) is 5.69 Å². The molecule has 19 heavy (non-hydrogen) atoms. The molecule has 0 amide bonds. The van der Waals surface area contributed by atoms with Gasteiger partial charge in [-0.05, 0) is 52.3 Å². The highest BCUT2D eigenvalue weighted by molar-refractivity contribution is 5.10. The Morgan fingerprint density at radius 1 is 1.47 bits per heavy atom. The van der Waals surface area contributed by atoms with Crippen molar-refractivity contribution in [3.05, 3.63) is 29.6 Å². The topological polar surface area (TPSA) is 28.2 Å². The number of pyridine rings is 1. The number of hydrogen-bond donors (Lipinski definition) is 1. The summed E-state index contributed by atoms with van der Waals surface area (Å²) in [5.74, 6) is 0. The Hall–Kier alpha value is -0.930. The molecule has 106 valence electrons. The molecule has 0 aliphatic carbocycles. The van der Waals surface area contributed by atoms with E-state index in [4.69, 9.17) is 0 Å². The van der Waals surface area contributed by atoms with Crippen molar-refractivity contribution in [1.29, 1.82) is 0 Å². The van der Waals surface area contributed by atoms with Gasteiger partial charge in [0, 0.05) is 30.4 Å². The molecule has 1 N–H and O–H groups in total. The largest absolute Gasteiger partial charge is 0.310 e. The normalized spacial score (nSPS) is 29.2. The molecule has 0 bridgehead atoms. The highest BCUT2D eigenvalue weighted by Gasteiger charge is 2.30. The molecule has 1 fully saturated rings. The van der Waals surface area contributed by atoms with Crippen molar-refractivity contribution in [3.63, 3.8) is 0 Å². The minimum atomic E-state index is 0.231. The summed E-state index contributed by atoms with van der Waals surface area (Å²) in [5.41, 5.74) is 2.53. The smallest absolute Gasteiger partial charge is 0.0547 e. The second-order valence-electron chi connectivity index (χ2n) is 6.15. The molecule has 3 heteroatoms. The molecule has 2 atom stereocenters. The highest BCUT2D eigenvalue weighted by Crippen LogP contribution is 2.20. The molecule has 0 spiro atoms. The molecule has 1 aromatic heterocycles. The van der Waals surface area contributed by atoms with Gasteiger partial charge >= 0.3 is 0 Å². The molecule has 3 nitrogen and oxygen atoms in total. The van der Waals surface area contributed by atoms with Gasteiger partial charge in [-0.1, -0.05) is 13.0 Å². The summed E-state index contributed by atoms with van der Waals surface area (Å²) in [5, 5.41) is 3.70. The monoisotopic (exact) mass is 261 g/mol. The predicted molar refractivity (Wildman–Crippen MR) is 80.2 cm³/mol. The summed E-state index contributed by atoms with van der Waals surface area (Å²) >= 11 is 0. The Kier molecular flexibility index (Phi) is 4.58. The third-order valence-corrected chi connectivity index (χ3v) is 4.38. The van der Waals surface area contributed by atoms with Gasteiger partial charge in [-0.25, -0.2) is 0 Å². The van der Waals surface area contributed by atoms with Crippen LogP contribution >= 0.6 is 0 Å². The van der Waals surface area contributed by atoms with Crippen LogP contribution in [-0.2, 0) is 6.54 Å². The molecule has 2 unspecified atom stereocenters. The molecule has 0 aromatic carbocycles. The number of nitrogens with one attached hydrogen (secondary N) is 1. The van der Waals surface area contributed by atoms with Crippen LogP contribution in [0.2, 0.25) is 0 Å². The summed E-state index contributed by atoms with van der Waals surface area (Å²) in [6, 6.07) is 6.93. The van der Waals surface area contributed by atoms with Crippen molar-refractivity contribution in [1.82, 2.24) is 15.2 Å². The number of nitrogens with zero attached hydrogens (tertiary/aromatic N) is 2. The Morgan fingerprint density at radius 3 is 2.95 bits per heavy atom. The quantitative estimate of drug-likeness (QED) is 0.907. The van der Waals surface area contributed by atoms with Crippen LogP contribution in [0.4, 0.5) is 0 Å². The van der Waals surface area contributed by atoms with Crippen LogP contribution in [0.5, 0.6) is 0 Å². The van der Waals surface area contributed by atoms with Gasteiger partial charge in [0.1, 0.15) is 0 Å². The van der Waals surface area contributed by atoms with Crippen molar-refractivity contribution in [3.8, 4) is 0 Å². The molecule has 0 radical (unpaired) electrons. The zero-order valence-corrected chi connectivity index (χ0v) is 12.7. The molecular formula is C16H27N3. The van der Waals surface area contributed by atoms with Crippen molar-refractivity contribution in [2.24, 2.45) is 0 Å². The van der Waals surface area contributed by atoms with Crippen LogP contribution in [0.3, 0.4) is 0 Å². The van der Waals surface area contributed by atoms with Gasteiger partial charge < -0.3 is 5.32 Å². The van der Waals surface area contributed by atoms with Gasteiger partial charge in [-0.15, -0.1) is 0 Å². The van der Waals surface area contributed by atoms with Gasteiger partial charge in [0.2, 0.25) is 0 Å². The molecule has 1 saturated heterocycles. The number of aryl methyl sites for hydroxylation is 1. The fourth-order valence-electron chi connectivity index (χ4n) is 2.77. The maximum atomic E-state index is 4.64. The summed E-state index contributed by atoms with van der Waals surface area (Å²) < 4.78 is 0. The first kappa shape index (κ1) is 14.5. The Balaban J connectivity index is 2.11.